The monoisotopic (exact) mass is 345 g/mol. The Balaban J connectivity index is 2.66. The van der Waals surface area contributed by atoms with E-state index in [1.54, 1.807) is 0 Å². The van der Waals surface area contributed by atoms with Gasteiger partial charge < -0.3 is 14.2 Å². The van der Waals surface area contributed by atoms with Crippen LogP contribution in [0.4, 0.5) is 0 Å². The van der Waals surface area contributed by atoms with E-state index < -0.39 is 16.6 Å². The van der Waals surface area contributed by atoms with E-state index in [1.807, 2.05) is 0 Å². The van der Waals surface area contributed by atoms with Crippen molar-refractivity contribution in [1.82, 2.24) is 5.32 Å². The summed E-state index contributed by atoms with van der Waals surface area (Å²) in [5, 5.41) is 4.06. The first kappa shape index (κ1) is 20.4. The molecule has 0 radical (unpaired) electrons. The maximum atomic E-state index is 6.59. The van der Waals surface area contributed by atoms with Crippen molar-refractivity contribution >= 4 is 16.6 Å². The predicted molar refractivity (Wildman–Crippen MR) is 102 cm³/mol. The van der Waals surface area contributed by atoms with Gasteiger partial charge in [-0.15, -0.1) is 0 Å². The van der Waals surface area contributed by atoms with Gasteiger partial charge in [0.2, 0.25) is 0 Å². The first-order valence-electron chi connectivity index (χ1n) is 8.72. The van der Waals surface area contributed by atoms with Crippen molar-refractivity contribution in [1.29, 1.82) is 0 Å². The van der Waals surface area contributed by atoms with Gasteiger partial charge in [-0.3, -0.25) is 0 Å². The molecule has 0 spiro atoms. The number of hydrogen-bond acceptors (Lipinski definition) is 3. The summed E-state index contributed by atoms with van der Waals surface area (Å²) in [5.41, 5.74) is 0. The summed E-state index contributed by atoms with van der Waals surface area (Å²) in [4.78, 5) is 0. The standard InChI is InChI=1S/C17H39NO2Si2/c1-16(2,3)21(7,8)19-14-11-15(13-18-12-14)20-22(9,10)17(4,5)6/h14-15,18H,11-13H2,1-10H3/t14-,15-/m1/s1. The highest BCUT2D eigenvalue weighted by atomic mass is 28.4. The van der Waals surface area contributed by atoms with Crippen molar-refractivity contribution in [3.63, 3.8) is 0 Å². The van der Waals surface area contributed by atoms with Gasteiger partial charge in [-0.1, -0.05) is 41.5 Å². The third kappa shape index (κ3) is 5.16. The van der Waals surface area contributed by atoms with Gasteiger partial charge in [-0.05, 0) is 42.7 Å². The third-order valence-electron chi connectivity index (χ3n) is 5.80. The molecule has 1 heterocycles. The van der Waals surface area contributed by atoms with Crippen LogP contribution in [0, 0.1) is 0 Å². The molecule has 1 N–H and O–H groups in total. The van der Waals surface area contributed by atoms with Crippen LogP contribution < -0.4 is 5.32 Å². The van der Waals surface area contributed by atoms with E-state index in [1.165, 1.54) is 0 Å². The van der Waals surface area contributed by atoms with Gasteiger partial charge in [0.25, 0.3) is 0 Å². The molecule has 3 nitrogen and oxygen atoms in total. The van der Waals surface area contributed by atoms with Crippen molar-refractivity contribution in [3.05, 3.63) is 0 Å². The van der Waals surface area contributed by atoms with Crippen LogP contribution in [-0.2, 0) is 8.85 Å². The molecule has 0 unspecified atom stereocenters. The molecule has 1 aliphatic heterocycles. The lowest BCUT2D eigenvalue weighted by Crippen LogP contribution is -2.54. The normalized spacial score (nSPS) is 25.4. The van der Waals surface area contributed by atoms with Crippen LogP contribution in [0.5, 0.6) is 0 Å². The van der Waals surface area contributed by atoms with Crippen molar-refractivity contribution < 1.29 is 8.85 Å². The van der Waals surface area contributed by atoms with Gasteiger partial charge in [0.1, 0.15) is 0 Å². The second-order valence-electron chi connectivity index (χ2n) is 9.89. The van der Waals surface area contributed by atoms with Gasteiger partial charge in [0, 0.05) is 13.1 Å². The van der Waals surface area contributed by atoms with Crippen LogP contribution >= 0.6 is 0 Å². The largest absolute Gasteiger partial charge is 0.413 e. The molecular weight excluding hydrogens is 306 g/mol. The summed E-state index contributed by atoms with van der Waals surface area (Å²) in [7, 11) is -3.40. The molecule has 22 heavy (non-hydrogen) atoms. The van der Waals surface area contributed by atoms with Crippen molar-refractivity contribution in [2.45, 2.75) is 96.4 Å². The zero-order valence-electron chi connectivity index (χ0n) is 16.6. The molecule has 0 bridgehead atoms. The molecule has 1 aliphatic rings. The highest BCUT2D eigenvalue weighted by Gasteiger charge is 2.42. The number of piperidine rings is 1. The topological polar surface area (TPSA) is 30.5 Å². The Morgan fingerprint density at radius 3 is 1.32 bits per heavy atom. The highest BCUT2D eigenvalue weighted by molar-refractivity contribution is 6.74. The second kappa shape index (κ2) is 6.67. The van der Waals surface area contributed by atoms with E-state index in [9.17, 15) is 0 Å². The lowest BCUT2D eigenvalue weighted by atomic mass is 10.1. The summed E-state index contributed by atoms with van der Waals surface area (Å²) >= 11 is 0. The van der Waals surface area contributed by atoms with Gasteiger partial charge in [0.15, 0.2) is 16.6 Å². The molecule has 2 atom stereocenters. The second-order valence-corrected chi connectivity index (χ2v) is 19.4. The van der Waals surface area contributed by atoms with E-state index in [2.05, 4.69) is 73.0 Å². The molecule has 5 heteroatoms. The quantitative estimate of drug-likeness (QED) is 0.745. The Hall–Kier alpha value is 0.314. The maximum Gasteiger partial charge on any atom is 0.192 e. The summed E-state index contributed by atoms with van der Waals surface area (Å²) in [6, 6.07) is 0. The third-order valence-corrected chi connectivity index (χ3v) is 14.9. The van der Waals surface area contributed by atoms with Crippen LogP contribution in [0.2, 0.25) is 36.3 Å². The van der Waals surface area contributed by atoms with Crippen LogP contribution in [0.25, 0.3) is 0 Å². The van der Waals surface area contributed by atoms with Gasteiger partial charge in [-0.2, -0.15) is 0 Å². The van der Waals surface area contributed by atoms with Crippen molar-refractivity contribution in [3.8, 4) is 0 Å². The van der Waals surface area contributed by atoms with Crippen molar-refractivity contribution in [2.75, 3.05) is 13.1 Å². The van der Waals surface area contributed by atoms with Crippen LogP contribution in [0.15, 0.2) is 0 Å². The van der Waals surface area contributed by atoms with Crippen molar-refractivity contribution in [2.24, 2.45) is 0 Å². The fraction of sp³-hybridized carbons (Fsp3) is 1.00. The van der Waals surface area contributed by atoms with Crippen LogP contribution in [-0.4, -0.2) is 41.9 Å². The molecule has 0 aromatic heterocycles. The lowest BCUT2D eigenvalue weighted by molar-refractivity contribution is 0.0644. The van der Waals surface area contributed by atoms with Crippen LogP contribution in [0.3, 0.4) is 0 Å². The Morgan fingerprint density at radius 2 is 1.05 bits per heavy atom. The average Bonchev–Trinajstić information content (AvgIpc) is 2.24. The Morgan fingerprint density at radius 1 is 0.727 bits per heavy atom. The van der Waals surface area contributed by atoms with Gasteiger partial charge in [-0.25, -0.2) is 0 Å². The van der Waals surface area contributed by atoms with Gasteiger partial charge in [0.05, 0.1) is 12.2 Å². The highest BCUT2D eigenvalue weighted by Crippen LogP contribution is 2.40. The molecule has 0 aliphatic carbocycles. The molecule has 132 valence electrons. The molecule has 1 saturated heterocycles. The first-order chi connectivity index (χ1) is 9.66. The van der Waals surface area contributed by atoms with E-state index >= 15 is 0 Å². The Bertz CT molecular complexity index is 336. The van der Waals surface area contributed by atoms with Crippen LogP contribution in [0.1, 0.15) is 48.0 Å². The summed E-state index contributed by atoms with van der Waals surface area (Å²) < 4.78 is 13.2. The predicted octanol–water partition coefficient (Wildman–Crippen LogP) is 4.76. The molecule has 0 saturated carbocycles. The average molecular weight is 346 g/mol. The SMILES string of the molecule is CC(C)(C)[Si](C)(C)O[C@H]1CNC[C@H](O[Si](C)(C)C(C)(C)C)C1. The zero-order chi connectivity index (χ0) is 17.4. The number of rotatable bonds is 4. The van der Waals surface area contributed by atoms with E-state index in [0.29, 0.717) is 12.2 Å². The smallest absolute Gasteiger partial charge is 0.192 e. The number of hydrogen-bond donors (Lipinski definition) is 1. The minimum absolute atomic E-state index is 0.264. The molecule has 1 rings (SSSR count). The van der Waals surface area contributed by atoms with E-state index in [4.69, 9.17) is 8.85 Å². The minimum atomic E-state index is -1.70. The Labute approximate surface area is 140 Å². The lowest BCUT2D eigenvalue weighted by Gasteiger charge is -2.44. The fourth-order valence-corrected chi connectivity index (χ4v) is 4.96. The molecule has 0 aromatic carbocycles. The summed E-state index contributed by atoms with van der Waals surface area (Å²) in [6.07, 6.45) is 1.63. The van der Waals surface area contributed by atoms with E-state index in [-0.39, 0.29) is 10.1 Å². The fourth-order valence-electron chi connectivity index (χ4n) is 2.23. The first-order valence-corrected chi connectivity index (χ1v) is 14.5. The van der Waals surface area contributed by atoms with E-state index in [0.717, 1.165) is 19.5 Å². The minimum Gasteiger partial charge on any atom is -0.413 e. The maximum absolute atomic E-state index is 6.59. The molecule has 1 fully saturated rings. The molecule has 0 amide bonds. The zero-order valence-corrected chi connectivity index (χ0v) is 18.6. The molecule has 0 aromatic rings. The van der Waals surface area contributed by atoms with Gasteiger partial charge >= 0.3 is 0 Å². The summed E-state index contributed by atoms with van der Waals surface area (Å²) in [5.74, 6) is 0. The molecular formula is C17H39NO2Si2. The summed E-state index contributed by atoms with van der Waals surface area (Å²) in [6.45, 7) is 25.1. The number of nitrogens with one attached hydrogen (secondary N) is 1. The Kier molecular flexibility index (Phi) is 6.17.